The molecule has 1 atom stereocenters. The molecule has 0 radical (unpaired) electrons. The summed E-state index contributed by atoms with van der Waals surface area (Å²) in [6.07, 6.45) is 1.48. The Labute approximate surface area is 138 Å². The second-order valence-electron chi connectivity index (χ2n) is 4.63. The number of benzene rings is 1. The number of aromatic nitrogens is 1. The second-order valence-corrected chi connectivity index (χ2v) is 7.11. The van der Waals surface area contributed by atoms with Crippen LogP contribution in [0.25, 0.3) is 0 Å². The van der Waals surface area contributed by atoms with Gasteiger partial charge in [0.05, 0.1) is 24.2 Å². The number of nitrogens with two attached hydrogens (primary N) is 1. The van der Waals surface area contributed by atoms with Crippen LogP contribution in [0.1, 0.15) is 33.2 Å². The highest BCUT2D eigenvalue weighted by molar-refractivity contribution is 7.85. The summed E-state index contributed by atoms with van der Waals surface area (Å²) in [6.45, 7) is 3.66. The highest BCUT2D eigenvalue weighted by atomic mass is 32.2. The normalized spacial score (nSPS) is 12.0. The van der Waals surface area contributed by atoms with Crippen LogP contribution in [0.4, 0.5) is 0 Å². The summed E-state index contributed by atoms with van der Waals surface area (Å²) in [5.74, 6) is -0.362. The number of hydrogen-bond acceptors (Lipinski definition) is 7. The number of carbonyl (C=O) groups excluding carboxylic acids is 1. The largest absolute Gasteiger partial charge is 0.465 e. The van der Waals surface area contributed by atoms with Gasteiger partial charge in [-0.3, -0.25) is 4.55 Å². The van der Waals surface area contributed by atoms with E-state index in [9.17, 15) is 13.2 Å². The molecule has 1 aromatic heterocycles. The van der Waals surface area contributed by atoms with Gasteiger partial charge >= 0.3 is 5.97 Å². The number of hydrogen-bond donors (Lipinski definition) is 2. The van der Waals surface area contributed by atoms with E-state index in [4.69, 9.17) is 10.3 Å². The Morgan fingerprint density at radius 1 is 1.35 bits per heavy atom. The van der Waals surface area contributed by atoms with E-state index in [1.54, 1.807) is 12.1 Å². The van der Waals surface area contributed by atoms with Crippen LogP contribution in [0.15, 0.2) is 35.4 Å². The predicted molar refractivity (Wildman–Crippen MR) is 87.0 cm³/mol. The molecule has 0 aliphatic carbocycles. The van der Waals surface area contributed by atoms with Crippen molar-refractivity contribution in [3.8, 4) is 0 Å². The van der Waals surface area contributed by atoms with E-state index in [-0.39, 0.29) is 16.9 Å². The molecule has 126 valence electrons. The smallest absolute Gasteiger partial charge is 0.349 e. The third-order valence-electron chi connectivity index (χ3n) is 2.62. The minimum Gasteiger partial charge on any atom is -0.465 e. The molecule has 2 aromatic rings. The highest BCUT2D eigenvalue weighted by Crippen LogP contribution is 2.18. The molecule has 1 unspecified atom stereocenters. The lowest BCUT2D eigenvalue weighted by Gasteiger charge is -1.96. The Balaban J connectivity index is 0.000000231. The fourth-order valence-electron chi connectivity index (χ4n) is 1.40. The van der Waals surface area contributed by atoms with Crippen LogP contribution in [0.5, 0.6) is 0 Å². The van der Waals surface area contributed by atoms with Gasteiger partial charge in [-0.25, -0.2) is 9.78 Å². The van der Waals surface area contributed by atoms with Crippen molar-refractivity contribution in [2.24, 2.45) is 5.73 Å². The van der Waals surface area contributed by atoms with Gasteiger partial charge in [-0.2, -0.15) is 8.42 Å². The summed E-state index contributed by atoms with van der Waals surface area (Å²) in [6, 6.07) is 5.86. The van der Waals surface area contributed by atoms with Gasteiger partial charge in [-0.1, -0.05) is 17.7 Å². The Kier molecular flexibility index (Phi) is 6.82. The van der Waals surface area contributed by atoms with Gasteiger partial charge in [0.15, 0.2) is 0 Å². The van der Waals surface area contributed by atoms with Gasteiger partial charge in [-0.15, -0.1) is 11.3 Å². The molecule has 0 amide bonds. The van der Waals surface area contributed by atoms with E-state index in [1.807, 2.05) is 13.8 Å². The Morgan fingerprint density at radius 3 is 2.30 bits per heavy atom. The summed E-state index contributed by atoms with van der Waals surface area (Å²) >= 11 is 1.26. The summed E-state index contributed by atoms with van der Waals surface area (Å²) < 4.78 is 34.1. The van der Waals surface area contributed by atoms with Gasteiger partial charge in [-0.05, 0) is 26.0 Å². The van der Waals surface area contributed by atoms with Crippen molar-refractivity contribution in [2.45, 2.75) is 24.8 Å². The first-order chi connectivity index (χ1) is 10.6. The van der Waals surface area contributed by atoms with Gasteiger partial charge in [0, 0.05) is 0 Å². The summed E-state index contributed by atoms with van der Waals surface area (Å²) in [5.41, 5.74) is 6.52. The van der Waals surface area contributed by atoms with Gasteiger partial charge in [0.25, 0.3) is 10.1 Å². The molecule has 3 N–H and O–H groups in total. The first kappa shape index (κ1) is 19.2. The minimum atomic E-state index is -4.02. The standard InChI is InChI=1S/C7H10N2O2S.C7H8O3S/c1-4(8)6-9-3-5(12-6)7(10)11-2;1-6-2-4-7(5-3-6)11(8,9)10/h3-4H,8H2,1-2H3;2-5H,1H3,(H,8,9,10). The van der Waals surface area contributed by atoms with Crippen molar-refractivity contribution in [3.63, 3.8) is 0 Å². The van der Waals surface area contributed by atoms with Crippen LogP contribution >= 0.6 is 11.3 Å². The maximum absolute atomic E-state index is 11.0. The lowest BCUT2D eigenvalue weighted by Crippen LogP contribution is -2.03. The number of methoxy groups -OCH3 is 1. The molecule has 9 heteroatoms. The maximum atomic E-state index is 11.0. The molecule has 0 aliphatic rings. The maximum Gasteiger partial charge on any atom is 0.349 e. The van der Waals surface area contributed by atoms with Gasteiger partial charge in [0.1, 0.15) is 9.88 Å². The van der Waals surface area contributed by atoms with Crippen molar-refractivity contribution in [1.29, 1.82) is 0 Å². The zero-order valence-electron chi connectivity index (χ0n) is 12.9. The Bertz CT molecular complexity index is 752. The Hall–Kier alpha value is -1.81. The molecule has 23 heavy (non-hydrogen) atoms. The molecular weight excluding hydrogens is 340 g/mol. The predicted octanol–water partition coefficient (Wildman–Crippen LogP) is 2.19. The zero-order valence-corrected chi connectivity index (χ0v) is 14.5. The molecule has 7 nitrogen and oxygen atoms in total. The average molecular weight is 358 g/mol. The van der Waals surface area contributed by atoms with Crippen molar-refractivity contribution < 1.29 is 22.5 Å². The highest BCUT2D eigenvalue weighted by Gasteiger charge is 2.12. The van der Waals surface area contributed by atoms with E-state index >= 15 is 0 Å². The average Bonchev–Trinajstić information content (AvgIpc) is 2.96. The van der Waals surface area contributed by atoms with E-state index in [2.05, 4.69) is 9.72 Å². The quantitative estimate of drug-likeness (QED) is 0.637. The number of aryl methyl sites for hydroxylation is 1. The van der Waals surface area contributed by atoms with Crippen LogP contribution in [0, 0.1) is 6.92 Å². The summed E-state index contributed by atoms with van der Waals surface area (Å²) in [7, 11) is -2.68. The molecule has 1 aromatic carbocycles. The molecule has 0 aliphatic heterocycles. The van der Waals surface area contributed by atoms with E-state index in [0.717, 1.165) is 10.6 Å². The molecule has 0 saturated carbocycles. The lowest BCUT2D eigenvalue weighted by atomic mass is 10.2. The molecule has 1 heterocycles. The molecule has 0 bridgehead atoms. The van der Waals surface area contributed by atoms with Gasteiger partial charge in [0.2, 0.25) is 0 Å². The molecule has 0 fully saturated rings. The molecule has 0 spiro atoms. The summed E-state index contributed by atoms with van der Waals surface area (Å²) in [4.78, 5) is 15.4. The monoisotopic (exact) mass is 358 g/mol. The lowest BCUT2D eigenvalue weighted by molar-refractivity contribution is 0.0606. The second kappa shape index (κ2) is 8.16. The first-order valence-corrected chi connectivity index (χ1v) is 8.74. The molecular formula is C14H18N2O5S2. The van der Waals surface area contributed by atoms with E-state index < -0.39 is 10.1 Å². The topological polar surface area (TPSA) is 120 Å². The third kappa shape index (κ3) is 6.06. The third-order valence-corrected chi connectivity index (χ3v) is 4.66. The molecule has 0 saturated heterocycles. The van der Waals surface area contributed by atoms with Crippen molar-refractivity contribution in [2.75, 3.05) is 7.11 Å². The van der Waals surface area contributed by atoms with E-state index in [1.165, 1.54) is 36.8 Å². The van der Waals surface area contributed by atoms with Crippen LogP contribution in [0.3, 0.4) is 0 Å². The fourth-order valence-corrected chi connectivity index (χ4v) is 2.67. The SMILES string of the molecule is COC(=O)c1cnc(C(C)N)s1.Cc1ccc(S(=O)(=O)O)cc1. The fraction of sp³-hybridized carbons (Fsp3) is 0.286. The van der Waals surface area contributed by atoms with Crippen LogP contribution in [-0.2, 0) is 14.9 Å². The first-order valence-electron chi connectivity index (χ1n) is 6.49. The number of esters is 1. The number of rotatable bonds is 3. The van der Waals surface area contributed by atoms with Crippen molar-refractivity contribution >= 4 is 27.4 Å². The minimum absolute atomic E-state index is 0.0666. The van der Waals surface area contributed by atoms with Crippen molar-refractivity contribution in [1.82, 2.24) is 4.98 Å². The van der Waals surface area contributed by atoms with Crippen molar-refractivity contribution in [3.05, 3.63) is 45.9 Å². The Morgan fingerprint density at radius 2 is 1.91 bits per heavy atom. The molecule has 2 rings (SSSR count). The van der Waals surface area contributed by atoms with Gasteiger partial charge < -0.3 is 10.5 Å². The van der Waals surface area contributed by atoms with Crippen LogP contribution in [0.2, 0.25) is 0 Å². The summed E-state index contributed by atoms with van der Waals surface area (Å²) in [5, 5.41) is 0.746. The number of carbonyl (C=O) groups is 1. The number of thiazole rings is 1. The van der Waals surface area contributed by atoms with Crippen LogP contribution < -0.4 is 5.73 Å². The van der Waals surface area contributed by atoms with Crippen LogP contribution in [-0.4, -0.2) is 31.0 Å². The zero-order chi connectivity index (χ0) is 17.6. The number of nitrogens with zero attached hydrogens (tertiary/aromatic N) is 1. The number of ether oxygens (including phenoxy) is 1. The van der Waals surface area contributed by atoms with E-state index in [0.29, 0.717) is 4.88 Å².